The normalized spacial score (nSPS) is 19.2. The number of nitrogens with zero attached hydrogens (tertiary/aromatic N) is 1. The van der Waals surface area contributed by atoms with Gasteiger partial charge in [0, 0.05) is 12.1 Å². The fourth-order valence-electron chi connectivity index (χ4n) is 2.50. The lowest BCUT2D eigenvalue weighted by Gasteiger charge is -2.08. The predicted molar refractivity (Wildman–Crippen MR) is 101 cm³/mol. The minimum Gasteiger partial charge on any atom is -0.326 e. The number of aliphatic imine (C=N–C) groups is 1. The fourth-order valence-corrected chi connectivity index (χ4v) is 3.54. The van der Waals surface area contributed by atoms with Gasteiger partial charge in [0.2, 0.25) is 11.8 Å². The topological polar surface area (TPSA) is 70.6 Å². The van der Waals surface area contributed by atoms with Crippen molar-refractivity contribution < 1.29 is 14.0 Å². The van der Waals surface area contributed by atoms with Crippen molar-refractivity contribution in [1.29, 1.82) is 0 Å². The van der Waals surface area contributed by atoms with Crippen LogP contribution in [0.3, 0.4) is 0 Å². The Morgan fingerprint density at radius 3 is 2.62 bits per heavy atom. The van der Waals surface area contributed by atoms with E-state index in [-0.39, 0.29) is 30.1 Å². The molecule has 2 aromatic rings. The number of amidine groups is 1. The lowest BCUT2D eigenvalue weighted by molar-refractivity contribution is -0.122. The maximum Gasteiger partial charge on any atom is 0.240 e. The summed E-state index contributed by atoms with van der Waals surface area (Å²) in [6.45, 7) is 1.95. The van der Waals surface area contributed by atoms with E-state index in [2.05, 4.69) is 15.6 Å². The first-order valence-corrected chi connectivity index (χ1v) is 9.05. The minimum absolute atomic E-state index is 0.0205. The SMILES string of the molecule is C[C@@H](N=C1NC(=O)[C@@H](CC(=O)Nc2ccc(F)cc2)S1)c1ccccc1. The van der Waals surface area contributed by atoms with Gasteiger partial charge in [-0.2, -0.15) is 0 Å². The first kappa shape index (κ1) is 18.1. The van der Waals surface area contributed by atoms with Crippen LogP contribution in [0.2, 0.25) is 0 Å². The average molecular weight is 371 g/mol. The van der Waals surface area contributed by atoms with Gasteiger partial charge in [0.05, 0.1) is 6.04 Å². The van der Waals surface area contributed by atoms with Crippen LogP contribution in [-0.2, 0) is 9.59 Å². The molecular formula is C19H18FN3O2S. The number of hydrogen-bond acceptors (Lipinski definition) is 4. The Morgan fingerprint density at radius 1 is 1.23 bits per heavy atom. The van der Waals surface area contributed by atoms with Crippen molar-refractivity contribution in [2.45, 2.75) is 24.6 Å². The van der Waals surface area contributed by atoms with Gasteiger partial charge in [0.15, 0.2) is 5.17 Å². The van der Waals surface area contributed by atoms with Gasteiger partial charge in [-0.3, -0.25) is 14.6 Å². The smallest absolute Gasteiger partial charge is 0.240 e. The van der Waals surface area contributed by atoms with Gasteiger partial charge in [-0.1, -0.05) is 42.1 Å². The second kappa shape index (κ2) is 8.14. The van der Waals surface area contributed by atoms with Gasteiger partial charge in [-0.25, -0.2) is 4.39 Å². The van der Waals surface area contributed by atoms with E-state index in [1.807, 2.05) is 37.3 Å². The summed E-state index contributed by atoms with van der Waals surface area (Å²) in [5.41, 5.74) is 1.54. The zero-order valence-electron chi connectivity index (χ0n) is 14.1. The number of carbonyl (C=O) groups is 2. The number of amides is 2. The first-order chi connectivity index (χ1) is 12.5. The maximum absolute atomic E-state index is 12.9. The number of halogens is 1. The van der Waals surface area contributed by atoms with E-state index in [0.29, 0.717) is 10.9 Å². The molecule has 1 aliphatic heterocycles. The molecule has 0 radical (unpaired) electrons. The number of thioether (sulfide) groups is 1. The van der Waals surface area contributed by atoms with Crippen LogP contribution < -0.4 is 10.6 Å². The number of nitrogens with one attached hydrogen (secondary N) is 2. The lowest BCUT2D eigenvalue weighted by atomic mass is 10.1. The van der Waals surface area contributed by atoms with Crippen LogP contribution >= 0.6 is 11.8 Å². The highest BCUT2D eigenvalue weighted by Crippen LogP contribution is 2.26. The molecule has 0 unspecified atom stereocenters. The second-order valence-corrected chi connectivity index (χ2v) is 7.07. The highest BCUT2D eigenvalue weighted by atomic mass is 32.2. The molecule has 0 aromatic heterocycles. The van der Waals surface area contributed by atoms with E-state index >= 15 is 0 Å². The highest BCUT2D eigenvalue weighted by Gasteiger charge is 2.32. The molecule has 1 saturated heterocycles. The summed E-state index contributed by atoms with van der Waals surface area (Å²) in [6.07, 6.45) is 0.0205. The molecule has 1 heterocycles. The molecule has 0 spiro atoms. The number of carbonyl (C=O) groups excluding carboxylic acids is 2. The van der Waals surface area contributed by atoms with Crippen LogP contribution in [0.4, 0.5) is 10.1 Å². The van der Waals surface area contributed by atoms with Crippen molar-refractivity contribution in [3.8, 4) is 0 Å². The van der Waals surface area contributed by atoms with Gasteiger partial charge >= 0.3 is 0 Å². The van der Waals surface area contributed by atoms with E-state index in [1.54, 1.807) is 0 Å². The zero-order valence-corrected chi connectivity index (χ0v) is 14.9. The van der Waals surface area contributed by atoms with Crippen molar-refractivity contribution in [3.63, 3.8) is 0 Å². The first-order valence-electron chi connectivity index (χ1n) is 8.17. The zero-order chi connectivity index (χ0) is 18.5. The van der Waals surface area contributed by atoms with Crippen molar-refractivity contribution in [1.82, 2.24) is 5.32 Å². The monoisotopic (exact) mass is 371 g/mol. The van der Waals surface area contributed by atoms with Gasteiger partial charge in [0.1, 0.15) is 11.1 Å². The molecule has 2 aromatic carbocycles. The van der Waals surface area contributed by atoms with Crippen molar-refractivity contribution in [3.05, 3.63) is 66.0 Å². The molecule has 7 heteroatoms. The summed E-state index contributed by atoms with van der Waals surface area (Å²) < 4.78 is 12.9. The molecule has 2 atom stereocenters. The average Bonchev–Trinajstić information content (AvgIpc) is 2.96. The summed E-state index contributed by atoms with van der Waals surface area (Å²) in [5.74, 6) is -0.910. The molecule has 0 aliphatic carbocycles. The molecule has 134 valence electrons. The summed E-state index contributed by atoms with van der Waals surface area (Å²) in [5, 5.41) is 5.37. The summed E-state index contributed by atoms with van der Waals surface area (Å²) in [6, 6.07) is 15.2. The molecule has 3 rings (SSSR count). The predicted octanol–water partition coefficient (Wildman–Crippen LogP) is 3.50. The number of hydrogen-bond donors (Lipinski definition) is 2. The molecule has 0 saturated carbocycles. The van der Waals surface area contributed by atoms with E-state index in [1.165, 1.54) is 36.0 Å². The van der Waals surface area contributed by atoms with E-state index in [0.717, 1.165) is 5.56 Å². The molecule has 1 fully saturated rings. The minimum atomic E-state index is -0.530. The third kappa shape index (κ3) is 4.70. The lowest BCUT2D eigenvalue weighted by Crippen LogP contribution is -2.28. The van der Waals surface area contributed by atoms with E-state index < -0.39 is 5.25 Å². The van der Waals surface area contributed by atoms with Crippen molar-refractivity contribution in [2.24, 2.45) is 4.99 Å². The Morgan fingerprint density at radius 2 is 1.92 bits per heavy atom. The fraction of sp³-hybridized carbons (Fsp3) is 0.211. The summed E-state index contributed by atoms with van der Waals surface area (Å²) in [4.78, 5) is 28.7. The summed E-state index contributed by atoms with van der Waals surface area (Å²) >= 11 is 1.25. The summed E-state index contributed by atoms with van der Waals surface area (Å²) in [7, 11) is 0. The standard InChI is InChI=1S/C19H18FN3O2S/c1-12(13-5-3-2-4-6-13)21-19-23-18(25)16(26-19)11-17(24)22-15-9-7-14(20)8-10-15/h2-10,12,16H,11H2,1H3,(H,22,24)(H,21,23,25)/t12-,16-/m1/s1. The number of anilines is 1. The molecule has 0 bridgehead atoms. The molecule has 1 aliphatic rings. The maximum atomic E-state index is 12.9. The van der Waals surface area contributed by atoms with Crippen LogP contribution in [0.25, 0.3) is 0 Å². The second-order valence-electron chi connectivity index (χ2n) is 5.88. The molecule has 2 amide bonds. The third-order valence-electron chi connectivity index (χ3n) is 3.87. The van der Waals surface area contributed by atoms with Gasteiger partial charge in [0.25, 0.3) is 0 Å². The Balaban J connectivity index is 1.58. The number of benzene rings is 2. The van der Waals surface area contributed by atoms with Crippen molar-refractivity contribution >= 4 is 34.4 Å². The van der Waals surface area contributed by atoms with Crippen LogP contribution in [0.15, 0.2) is 59.6 Å². The largest absolute Gasteiger partial charge is 0.326 e. The van der Waals surface area contributed by atoms with Crippen LogP contribution in [0.1, 0.15) is 24.9 Å². The van der Waals surface area contributed by atoms with Crippen LogP contribution in [0, 0.1) is 5.82 Å². The van der Waals surface area contributed by atoms with Crippen LogP contribution in [-0.4, -0.2) is 22.2 Å². The van der Waals surface area contributed by atoms with Gasteiger partial charge < -0.3 is 10.6 Å². The Kier molecular flexibility index (Phi) is 5.68. The Labute approximate surface area is 155 Å². The van der Waals surface area contributed by atoms with E-state index in [9.17, 15) is 14.0 Å². The highest BCUT2D eigenvalue weighted by molar-refractivity contribution is 8.15. The molecule has 2 N–H and O–H groups in total. The molecular weight excluding hydrogens is 353 g/mol. The Bertz CT molecular complexity index is 824. The molecule has 5 nitrogen and oxygen atoms in total. The quantitative estimate of drug-likeness (QED) is 0.845. The van der Waals surface area contributed by atoms with E-state index in [4.69, 9.17) is 0 Å². The number of rotatable bonds is 5. The Hall–Kier alpha value is -2.67. The van der Waals surface area contributed by atoms with Gasteiger partial charge in [-0.05, 0) is 36.8 Å². The van der Waals surface area contributed by atoms with Gasteiger partial charge in [-0.15, -0.1) is 0 Å². The van der Waals surface area contributed by atoms with Crippen LogP contribution in [0.5, 0.6) is 0 Å². The third-order valence-corrected chi connectivity index (χ3v) is 4.96. The molecule has 26 heavy (non-hydrogen) atoms. The van der Waals surface area contributed by atoms with Crippen molar-refractivity contribution in [2.75, 3.05) is 5.32 Å².